The fourth-order valence-corrected chi connectivity index (χ4v) is 5.93. The first kappa shape index (κ1) is 20.9. The molecule has 3 aromatic rings. The molecule has 0 bridgehead atoms. The highest BCUT2D eigenvalue weighted by Gasteiger charge is 2.33. The summed E-state index contributed by atoms with van der Waals surface area (Å²) in [4.78, 5) is 8.70. The van der Waals surface area contributed by atoms with Gasteiger partial charge in [-0.25, -0.2) is 13.4 Å². The van der Waals surface area contributed by atoms with Crippen LogP contribution in [0.2, 0.25) is 5.02 Å². The first-order chi connectivity index (χ1) is 21.2. The van der Waals surface area contributed by atoms with Crippen LogP contribution in [0.5, 0.6) is 5.75 Å². The lowest BCUT2D eigenvalue weighted by Crippen LogP contribution is -2.28. The van der Waals surface area contributed by atoms with E-state index in [1.165, 1.54) is 12.3 Å². The predicted molar refractivity (Wildman–Crippen MR) is 159 cm³/mol. The number of nitrogens with one attached hydrogen (secondary N) is 3. The summed E-state index contributed by atoms with van der Waals surface area (Å²) < 4.78 is 86.9. The molecular weight excluding hydrogens is 534 g/mol. The van der Waals surface area contributed by atoms with Crippen molar-refractivity contribution in [2.24, 2.45) is 0 Å². The predicted octanol–water partition coefficient (Wildman–Crippen LogP) is 6.75. The maximum atomic E-state index is 13.3. The fourth-order valence-electron chi connectivity index (χ4n) is 4.47. The summed E-state index contributed by atoms with van der Waals surface area (Å²) >= 11 is 6.41. The van der Waals surface area contributed by atoms with Crippen molar-refractivity contribution in [3.63, 3.8) is 0 Å². The number of hydrogen-bond acceptors (Lipinski definition) is 8. The average Bonchev–Trinajstić information content (AvgIpc) is 2.95. The minimum atomic E-state index is -3.76. The Morgan fingerprint density at radius 1 is 1.15 bits per heavy atom. The summed E-state index contributed by atoms with van der Waals surface area (Å²) in [5, 5.41) is 9.33. The Bertz CT molecular complexity index is 1680. The minimum absolute atomic E-state index is 0.0414. The molecule has 1 saturated heterocycles. The number of ether oxygens (including phenoxy) is 1. The second kappa shape index (κ2) is 11.7. The molecule has 0 atom stereocenters. The van der Waals surface area contributed by atoms with Gasteiger partial charge in [-0.05, 0) is 109 Å². The van der Waals surface area contributed by atoms with Gasteiger partial charge in [0.05, 0.1) is 34.7 Å². The molecule has 4 rings (SSSR count). The van der Waals surface area contributed by atoms with Crippen LogP contribution >= 0.6 is 11.6 Å². The topological polar surface area (TPSA) is 105 Å². The zero-order chi connectivity index (χ0) is 34.3. The van der Waals surface area contributed by atoms with Gasteiger partial charge in [0.15, 0.2) is 15.7 Å². The summed E-state index contributed by atoms with van der Waals surface area (Å²) in [6, 6.07) is 9.59. The van der Waals surface area contributed by atoms with Crippen LogP contribution in [0.4, 0.5) is 23.1 Å². The van der Waals surface area contributed by atoms with Crippen molar-refractivity contribution in [3.8, 4) is 5.75 Å². The van der Waals surface area contributed by atoms with Crippen LogP contribution in [-0.4, -0.2) is 42.3 Å². The molecule has 0 spiro atoms. The van der Waals surface area contributed by atoms with Crippen LogP contribution in [0.3, 0.4) is 0 Å². The highest BCUT2D eigenvalue weighted by Crippen LogP contribution is 2.38. The van der Waals surface area contributed by atoms with Crippen molar-refractivity contribution in [3.05, 3.63) is 58.7 Å². The lowest BCUT2D eigenvalue weighted by molar-refractivity contribution is 0.243. The van der Waals surface area contributed by atoms with Crippen LogP contribution in [-0.2, 0) is 9.84 Å². The van der Waals surface area contributed by atoms with Crippen molar-refractivity contribution in [2.75, 3.05) is 23.7 Å². The SMILES string of the molecule is [2H]C([2H])([2H])C([2H])(Oc1cc(C2CCNCC2)c(C)cc1Nc1ncc(Cl)c(Nc2ccccc2S(=O)(=O)C(C)(C)C)n1)C([2H])([2H])[2H]. The van der Waals surface area contributed by atoms with Crippen LogP contribution in [0.25, 0.3) is 0 Å². The maximum Gasteiger partial charge on any atom is 0.229 e. The van der Waals surface area contributed by atoms with Crippen molar-refractivity contribution in [2.45, 2.75) is 75.9 Å². The third kappa shape index (κ3) is 6.65. The third-order valence-electron chi connectivity index (χ3n) is 6.59. The summed E-state index contributed by atoms with van der Waals surface area (Å²) in [5.41, 5.74) is 2.04. The number of para-hydroxylation sites is 1. The Balaban J connectivity index is 1.78. The Labute approximate surface area is 246 Å². The Kier molecular flexibility index (Phi) is 6.28. The second-order valence-electron chi connectivity index (χ2n) is 10.4. The lowest BCUT2D eigenvalue weighted by Gasteiger charge is -2.26. The quantitative estimate of drug-likeness (QED) is 0.269. The largest absolute Gasteiger partial charge is 0.489 e. The normalized spacial score (nSPS) is 18.4. The summed E-state index contributed by atoms with van der Waals surface area (Å²) in [6.45, 7) is 1.57. The van der Waals surface area contributed by atoms with Gasteiger partial charge in [-0.3, -0.25) is 0 Å². The molecule has 210 valence electrons. The molecule has 10 heteroatoms. The first-order valence-corrected chi connectivity index (χ1v) is 14.5. The number of anilines is 4. The molecule has 3 N–H and O–H groups in total. The second-order valence-corrected chi connectivity index (χ2v) is 13.5. The fraction of sp³-hybridized carbons (Fsp3) is 0.448. The number of halogens is 1. The van der Waals surface area contributed by atoms with E-state index in [4.69, 9.17) is 25.9 Å². The number of piperidine rings is 1. The first-order valence-electron chi connectivity index (χ1n) is 16.1. The van der Waals surface area contributed by atoms with E-state index in [9.17, 15) is 8.42 Å². The van der Waals surface area contributed by atoms with Gasteiger partial charge in [0.2, 0.25) is 5.95 Å². The Hall–Kier alpha value is -2.88. The molecule has 1 aliphatic rings. The summed E-state index contributed by atoms with van der Waals surface area (Å²) in [5.74, 6) is -0.0391. The molecule has 0 unspecified atom stereocenters. The number of nitrogens with zero attached hydrogens (tertiary/aromatic N) is 2. The van der Waals surface area contributed by atoms with E-state index in [1.54, 1.807) is 51.1 Å². The van der Waals surface area contributed by atoms with Crippen molar-refractivity contribution >= 4 is 44.6 Å². The van der Waals surface area contributed by atoms with Crippen molar-refractivity contribution < 1.29 is 22.7 Å². The van der Waals surface area contributed by atoms with E-state index >= 15 is 0 Å². The van der Waals surface area contributed by atoms with Crippen LogP contribution in [0, 0.1) is 6.92 Å². The van der Waals surface area contributed by atoms with E-state index in [2.05, 4.69) is 25.9 Å². The van der Waals surface area contributed by atoms with Crippen LogP contribution in [0.15, 0.2) is 47.5 Å². The lowest BCUT2D eigenvalue weighted by atomic mass is 9.87. The van der Waals surface area contributed by atoms with Crippen LogP contribution in [0.1, 0.15) is 74.0 Å². The standard InChI is InChI=1S/C29H38ClN5O3S/c1-18(2)38-25-16-21(20-11-13-31-14-12-20)19(3)15-24(25)34-28-32-17-22(30)27(35-28)33-23-9-7-8-10-26(23)39(36,37)29(4,5)6/h7-10,15-18,20,31H,11-14H2,1-6H3,(H2,32,33,34,35)/i1D3,2D3,18D. The zero-order valence-corrected chi connectivity index (χ0v) is 23.9. The van der Waals surface area contributed by atoms with Gasteiger partial charge in [-0.1, -0.05) is 23.7 Å². The zero-order valence-electron chi connectivity index (χ0n) is 29.4. The Morgan fingerprint density at radius 3 is 2.56 bits per heavy atom. The van der Waals surface area contributed by atoms with Gasteiger partial charge in [0, 0.05) is 8.22 Å². The number of aryl methyl sites for hydroxylation is 1. The van der Waals surface area contributed by atoms with E-state index in [-0.39, 0.29) is 44.7 Å². The maximum absolute atomic E-state index is 13.3. The molecule has 0 saturated carbocycles. The smallest absolute Gasteiger partial charge is 0.229 e. The number of rotatable bonds is 8. The van der Waals surface area contributed by atoms with E-state index in [1.807, 2.05) is 6.92 Å². The highest BCUT2D eigenvalue weighted by atomic mass is 35.5. The minimum Gasteiger partial charge on any atom is -0.489 e. The van der Waals surface area contributed by atoms with Crippen molar-refractivity contribution in [1.82, 2.24) is 15.3 Å². The number of sulfone groups is 1. The molecule has 0 aliphatic carbocycles. The van der Waals surface area contributed by atoms with E-state index in [0.717, 1.165) is 37.1 Å². The van der Waals surface area contributed by atoms with Gasteiger partial charge < -0.3 is 20.7 Å². The highest BCUT2D eigenvalue weighted by molar-refractivity contribution is 7.93. The molecule has 1 aromatic heterocycles. The molecule has 0 radical (unpaired) electrons. The third-order valence-corrected chi connectivity index (χ3v) is 9.41. The van der Waals surface area contributed by atoms with Crippen LogP contribution < -0.4 is 20.7 Å². The molecule has 39 heavy (non-hydrogen) atoms. The van der Waals surface area contributed by atoms with E-state index < -0.39 is 34.4 Å². The molecule has 0 amide bonds. The summed E-state index contributed by atoms with van der Waals surface area (Å²) in [6.07, 6.45) is -0.387. The number of benzene rings is 2. The van der Waals surface area contributed by atoms with Gasteiger partial charge in [-0.2, -0.15) is 4.98 Å². The molecular formula is C29H38ClN5O3S. The Morgan fingerprint density at radius 2 is 1.87 bits per heavy atom. The number of aromatic nitrogens is 2. The van der Waals surface area contributed by atoms with Gasteiger partial charge in [0.1, 0.15) is 10.8 Å². The van der Waals surface area contributed by atoms with Gasteiger partial charge in [-0.15, -0.1) is 0 Å². The monoisotopic (exact) mass is 578 g/mol. The average molecular weight is 579 g/mol. The number of hydrogen-bond donors (Lipinski definition) is 3. The molecule has 2 heterocycles. The molecule has 8 nitrogen and oxygen atoms in total. The molecule has 1 fully saturated rings. The molecule has 2 aromatic carbocycles. The summed E-state index contributed by atoms with van der Waals surface area (Å²) in [7, 11) is -3.76. The van der Waals surface area contributed by atoms with Crippen molar-refractivity contribution in [1.29, 1.82) is 0 Å². The molecule has 1 aliphatic heterocycles. The van der Waals surface area contributed by atoms with Gasteiger partial charge in [0.25, 0.3) is 0 Å². The van der Waals surface area contributed by atoms with E-state index in [0.29, 0.717) is 0 Å². The van der Waals surface area contributed by atoms with Gasteiger partial charge >= 0.3 is 0 Å².